The summed E-state index contributed by atoms with van der Waals surface area (Å²) in [5, 5.41) is 30.0. The molecule has 0 unspecified atom stereocenters. The van der Waals surface area contributed by atoms with Gasteiger partial charge in [0.15, 0.2) is 0 Å². The van der Waals surface area contributed by atoms with Crippen LogP contribution in [-0.2, 0) is 56.1 Å². The van der Waals surface area contributed by atoms with Gasteiger partial charge in [-0.3, -0.25) is 4.79 Å². The van der Waals surface area contributed by atoms with Crippen LogP contribution in [0, 0.1) is 25.2 Å². The van der Waals surface area contributed by atoms with Crippen LogP contribution in [0.4, 0.5) is 0 Å². The van der Waals surface area contributed by atoms with Gasteiger partial charge in [0.05, 0.1) is 58.5 Å². The molecule has 370 valence electrons. The number of carbonyl (C=O) groups is 2. The molecule has 0 bridgehead atoms. The number of ether oxygens (including phenoxy) is 1. The molecule has 0 fully saturated rings. The molecule has 4 heterocycles. The number of nitrogens with one attached hydrogen (secondary N) is 1. The molecule has 0 saturated carbocycles. The molecular formula is C55H52N5NaO10S2. The van der Waals surface area contributed by atoms with Crippen LogP contribution in [0.2, 0.25) is 0 Å². The number of aliphatic hydroxyl groups excluding tert-OH is 1. The summed E-state index contributed by atoms with van der Waals surface area (Å²) in [6.07, 6.45) is 7.16. The minimum atomic E-state index is -3.73. The zero-order valence-electron chi connectivity index (χ0n) is 40.8. The molecule has 0 aliphatic heterocycles. The Morgan fingerprint density at radius 1 is 0.630 bits per heavy atom. The maximum absolute atomic E-state index is 12.9. The maximum atomic E-state index is 12.9. The van der Waals surface area contributed by atoms with E-state index in [0.29, 0.717) is 22.0 Å². The molecule has 10 aromatic rings. The number of carbonyl (C=O) groups excluding carboxylic acids is 1. The molecule has 10 rings (SSSR count). The summed E-state index contributed by atoms with van der Waals surface area (Å²) < 4.78 is 60.9. The van der Waals surface area contributed by atoms with E-state index in [9.17, 15) is 26.4 Å². The maximum Gasteiger partial charge on any atom is 1.00 e. The molecule has 6 aromatic carbocycles. The Labute approximate surface area is 445 Å². The molecule has 4 aromatic heterocycles. The zero-order valence-corrected chi connectivity index (χ0v) is 44.4. The predicted molar refractivity (Wildman–Crippen MR) is 277 cm³/mol. The van der Waals surface area contributed by atoms with Crippen molar-refractivity contribution < 1.29 is 76.4 Å². The van der Waals surface area contributed by atoms with Crippen LogP contribution in [0.1, 0.15) is 45.1 Å². The Kier molecular flexibility index (Phi) is 19.3. The average Bonchev–Trinajstić information content (AvgIpc) is 4.20. The first-order valence-electron chi connectivity index (χ1n) is 22.4. The summed E-state index contributed by atoms with van der Waals surface area (Å²) in [5.41, 5.74) is 8.21. The molecule has 0 saturated heterocycles. The second-order valence-electron chi connectivity index (χ2n) is 16.4. The number of H-pyrrole nitrogens is 1. The van der Waals surface area contributed by atoms with Crippen LogP contribution < -0.4 is 29.6 Å². The molecule has 0 aliphatic rings. The quantitative estimate of drug-likeness (QED) is 0.0940. The van der Waals surface area contributed by atoms with E-state index >= 15 is 0 Å². The van der Waals surface area contributed by atoms with Crippen molar-refractivity contribution in [3.05, 3.63) is 204 Å². The Bertz CT molecular complexity index is 3800. The Morgan fingerprint density at radius 2 is 1.12 bits per heavy atom. The predicted octanol–water partition coefficient (Wildman–Crippen LogP) is 6.91. The standard InChI is InChI=1S/C18H17NO4S.C17H14N2O2S.C10H9NO2.C10H11NO.Na.H2O/c1-3-23-18(20)16-5-4-6-17-15(16)11-12-19(17)24(21,22)14-9-7-13(2)8-10-14;1-13-5-7-15(8-6-13)22(20,21)19-12-10-16-14(9-11-18)3-2-4-17(16)19;12-10(13)6-7-2-1-3-9-8(7)4-5-11-9;1-11-6-5-9-8(7-12)3-2-4-10(9)11;;/h4-12H,3H2,1-2H3;2-8,10,12H,9H2,1H3;1-5,11H,6H2,(H,12,13);2-6,12H,7H2,1H3;;1H2/q;;;;+1;/p-1. The topological polar surface area (TPSA) is 236 Å². The van der Waals surface area contributed by atoms with Gasteiger partial charge >= 0.3 is 41.5 Å². The van der Waals surface area contributed by atoms with Gasteiger partial charge in [0.1, 0.15) is 0 Å². The summed E-state index contributed by atoms with van der Waals surface area (Å²) >= 11 is 0. The minimum Gasteiger partial charge on any atom is -0.870 e. The number of hydrogen-bond donors (Lipinski definition) is 3. The zero-order chi connectivity index (χ0) is 50.9. The van der Waals surface area contributed by atoms with E-state index in [1.165, 1.54) is 19.7 Å². The molecule has 0 aliphatic carbocycles. The van der Waals surface area contributed by atoms with Crippen LogP contribution in [0.25, 0.3) is 43.6 Å². The fourth-order valence-electron chi connectivity index (χ4n) is 8.01. The molecule has 0 radical (unpaired) electrons. The summed E-state index contributed by atoms with van der Waals surface area (Å²) in [6.45, 7) is 5.91. The molecular weight excluding hydrogens is 978 g/mol. The molecule has 0 spiro atoms. The molecule has 0 atom stereocenters. The number of aromatic nitrogens is 4. The van der Waals surface area contributed by atoms with E-state index in [4.69, 9.17) is 20.2 Å². The third kappa shape index (κ3) is 12.7. The Morgan fingerprint density at radius 3 is 1.68 bits per heavy atom. The van der Waals surface area contributed by atoms with Crippen LogP contribution in [-0.4, -0.2) is 68.6 Å². The third-order valence-corrected chi connectivity index (χ3v) is 15.0. The fraction of sp³-hybridized carbons (Fsp3) is 0.145. The van der Waals surface area contributed by atoms with Crippen molar-refractivity contribution in [1.29, 1.82) is 5.26 Å². The van der Waals surface area contributed by atoms with E-state index in [1.807, 2.05) is 81.8 Å². The van der Waals surface area contributed by atoms with Crippen molar-refractivity contribution in [2.45, 2.75) is 50.0 Å². The normalized spacial score (nSPS) is 10.9. The van der Waals surface area contributed by atoms with E-state index in [1.54, 1.807) is 104 Å². The van der Waals surface area contributed by atoms with E-state index < -0.39 is 32.0 Å². The van der Waals surface area contributed by atoms with Gasteiger partial charge in [0.2, 0.25) is 0 Å². The van der Waals surface area contributed by atoms with Gasteiger partial charge in [-0.2, -0.15) is 5.26 Å². The van der Waals surface area contributed by atoms with Crippen molar-refractivity contribution in [2.75, 3.05) is 6.61 Å². The molecule has 4 N–H and O–H groups in total. The van der Waals surface area contributed by atoms with E-state index in [0.717, 1.165) is 49.5 Å². The van der Waals surface area contributed by atoms with Crippen LogP contribution in [0.5, 0.6) is 0 Å². The number of esters is 1. The van der Waals surface area contributed by atoms with Crippen molar-refractivity contribution in [2.24, 2.45) is 7.05 Å². The van der Waals surface area contributed by atoms with Crippen molar-refractivity contribution in [1.82, 2.24) is 17.5 Å². The van der Waals surface area contributed by atoms with Crippen molar-refractivity contribution in [3.8, 4) is 6.07 Å². The SMILES string of the molecule is CCOC(=O)c1cccc2c1ccn2S(=O)(=O)c1ccc(C)cc1.Cc1ccc(S(=O)(=O)n2ccc3c(CC#N)cccc32)cc1.Cn1ccc2c(CO)cccc21.O=C(O)Cc1cccc2[nH]ccc12.[Na+].[OH-]. The van der Waals surface area contributed by atoms with Crippen LogP contribution in [0.3, 0.4) is 0 Å². The number of benzene rings is 6. The number of nitrogens with zero attached hydrogens (tertiary/aromatic N) is 4. The van der Waals surface area contributed by atoms with Gasteiger partial charge in [0.25, 0.3) is 20.0 Å². The first-order chi connectivity index (χ1) is 34.1. The third-order valence-electron chi connectivity index (χ3n) is 11.6. The number of aryl methyl sites for hydroxylation is 3. The Balaban J connectivity index is 0.000000186. The molecule has 73 heavy (non-hydrogen) atoms. The second-order valence-corrected chi connectivity index (χ2v) is 20.0. The van der Waals surface area contributed by atoms with Gasteiger partial charge in [-0.25, -0.2) is 29.6 Å². The minimum absolute atomic E-state index is 0. The number of nitriles is 1. The molecule has 0 amide bonds. The smallest absolute Gasteiger partial charge is 0.870 e. The number of rotatable bonds is 10. The number of carboxylic acid groups (broad SMARTS) is 1. The van der Waals surface area contributed by atoms with Crippen LogP contribution in [0.15, 0.2) is 180 Å². The van der Waals surface area contributed by atoms with Gasteiger partial charge < -0.3 is 30.0 Å². The fourth-order valence-corrected chi connectivity index (χ4v) is 10.7. The molecule has 18 heteroatoms. The number of aliphatic hydroxyl groups is 1. The summed E-state index contributed by atoms with van der Waals surface area (Å²) in [4.78, 5) is 26.1. The van der Waals surface area contributed by atoms with Gasteiger partial charge in [-0.15, -0.1) is 0 Å². The van der Waals surface area contributed by atoms with Gasteiger partial charge in [0, 0.05) is 64.4 Å². The summed E-state index contributed by atoms with van der Waals surface area (Å²) in [5.74, 6) is -1.26. The second kappa shape index (κ2) is 24.9. The summed E-state index contributed by atoms with van der Waals surface area (Å²) in [6, 6.07) is 44.7. The average molecular weight is 1030 g/mol. The first-order valence-corrected chi connectivity index (χ1v) is 25.2. The summed E-state index contributed by atoms with van der Waals surface area (Å²) in [7, 11) is -5.36. The first kappa shape index (κ1) is 56.6. The van der Waals surface area contributed by atoms with Crippen LogP contribution >= 0.6 is 0 Å². The number of carboxylic acids is 1. The number of aliphatic carboxylic acids is 1. The van der Waals surface area contributed by atoms with E-state index in [2.05, 4.69) is 21.7 Å². The largest absolute Gasteiger partial charge is 1.00 e. The molecule has 15 nitrogen and oxygen atoms in total. The number of hydrogen-bond acceptors (Lipinski definition) is 10. The Hall–Kier alpha value is -7.27. The van der Waals surface area contributed by atoms with Crippen molar-refractivity contribution >= 4 is 75.6 Å². The number of aromatic amines is 1. The van der Waals surface area contributed by atoms with E-state index in [-0.39, 0.29) is 70.9 Å². The monoisotopic (exact) mass is 1030 g/mol. The number of fused-ring (bicyclic) bond motifs is 4. The van der Waals surface area contributed by atoms with Crippen molar-refractivity contribution in [3.63, 3.8) is 0 Å². The van der Waals surface area contributed by atoms with Gasteiger partial charge in [-0.1, -0.05) is 77.9 Å². The van der Waals surface area contributed by atoms with Gasteiger partial charge in [-0.05, 0) is 116 Å².